The monoisotopic (exact) mass is 375 g/mol. The molecule has 1 fully saturated rings. The minimum atomic E-state index is -1.16. The quantitative estimate of drug-likeness (QED) is 0.813. The van der Waals surface area contributed by atoms with Gasteiger partial charge >= 0.3 is 0 Å². The van der Waals surface area contributed by atoms with Gasteiger partial charge in [-0.25, -0.2) is 4.39 Å². The number of β-amino-alcohol motifs (C(OH)–C–C–N with tert-alkyl or cyclic N) is 1. The molecule has 0 saturated carbocycles. The van der Waals surface area contributed by atoms with Crippen molar-refractivity contribution in [3.05, 3.63) is 59.4 Å². The number of aliphatic hydroxyl groups excluding tert-OH is 1. The lowest BCUT2D eigenvalue weighted by atomic mass is 9.84. The zero-order chi connectivity index (χ0) is 19.4. The van der Waals surface area contributed by atoms with Crippen molar-refractivity contribution >= 4 is 0 Å². The number of hydrogen-bond acceptors (Lipinski definition) is 5. The van der Waals surface area contributed by atoms with Crippen LogP contribution in [-0.4, -0.2) is 49.0 Å². The fourth-order valence-corrected chi connectivity index (χ4v) is 3.62. The summed E-state index contributed by atoms with van der Waals surface area (Å²) in [6.45, 7) is 1.59. The number of halogens is 1. The van der Waals surface area contributed by atoms with Crippen LogP contribution >= 0.6 is 0 Å². The first kappa shape index (κ1) is 19.6. The van der Waals surface area contributed by atoms with Crippen LogP contribution in [0.3, 0.4) is 0 Å². The van der Waals surface area contributed by atoms with Gasteiger partial charge in [0, 0.05) is 25.2 Å². The molecule has 0 spiro atoms. The van der Waals surface area contributed by atoms with Gasteiger partial charge in [-0.3, -0.25) is 0 Å². The van der Waals surface area contributed by atoms with Gasteiger partial charge in [0.05, 0.1) is 25.9 Å². The van der Waals surface area contributed by atoms with E-state index in [0.29, 0.717) is 49.5 Å². The summed E-state index contributed by atoms with van der Waals surface area (Å²) in [5, 5.41) is 21.4. The Morgan fingerprint density at radius 3 is 2.37 bits per heavy atom. The molecule has 1 atom stereocenters. The van der Waals surface area contributed by atoms with Gasteiger partial charge in [-0.15, -0.1) is 0 Å². The molecule has 1 heterocycles. The van der Waals surface area contributed by atoms with Gasteiger partial charge in [-0.05, 0) is 36.6 Å². The van der Waals surface area contributed by atoms with Crippen molar-refractivity contribution in [2.75, 3.05) is 33.9 Å². The fraction of sp³-hybridized carbons (Fsp3) is 0.429. The van der Waals surface area contributed by atoms with Crippen molar-refractivity contribution < 1.29 is 24.1 Å². The SMILES string of the molecule is COc1ccc([C@H](O)CN2CCC(O)(c3ccccc3F)CC2)cc1OC. The topological polar surface area (TPSA) is 62.2 Å². The highest BCUT2D eigenvalue weighted by Crippen LogP contribution is 2.35. The van der Waals surface area contributed by atoms with Crippen LogP contribution in [0, 0.1) is 5.82 Å². The Balaban J connectivity index is 1.63. The zero-order valence-corrected chi connectivity index (χ0v) is 15.7. The molecule has 2 aromatic carbocycles. The molecular weight excluding hydrogens is 349 g/mol. The molecule has 0 unspecified atom stereocenters. The maximum atomic E-state index is 14.0. The molecule has 0 amide bonds. The summed E-state index contributed by atoms with van der Waals surface area (Å²) in [5.74, 6) is 0.807. The van der Waals surface area contributed by atoms with E-state index in [0.717, 1.165) is 5.56 Å². The second kappa shape index (κ2) is 8.25. The number of hydrogen-bond donors (Lipinski definition) is 2. The van der Waals surface area contributed by atoms with Gasteiger partial charge < -0.3 is 24.6 Å². The maximum absolute atomic E-state index is 14.0. The van der Waals surface area contributed by atoms with Crippen LogP contribution in [0.15, 0.2) is 42.5 Å². The van der Waals surface area contributed by atoms with Crippen molar-refractivity contribution in [1.29, 1.82) is 0 Å². The number of ether oxygens (including phenoxy) is 2. The summed E-state index contributed by atoms with van der Waals surface area (Å²) in [6, 6.07) is 11.7. The van der Waals surface area contributed by atoms with E-state index >= 15 is 0 Å². The number of rotatable bonds is 6. The predicted molar refractivity (Wildman–Crippen MR) is 100 cm³/mol. The Hall–Kier alpha value is -2.15. The lowest BCUT2D eigenvalue weighted by Gasteiger charge is -2.39. The van der Waals surface area contributed by atoms with Crippen LogP contribution in [-0.2, 0) is 5.60 Å². The van der Waals surface area contributed by atoms with Crippen LogP contribution in [0.4, 0.5) is 4.39 Å². The third kappa shape index (κ3) is 4.24. The van der Waals surface area contributed by atoms with Crippen molar-refractivity contribution in [3.63, 3.8) is 0 Å². The zero-order valence-electron chi connectivity index (χ0n) is 15.7. The van der Waals surface area contributed by atoms with E-state index in [9.17, 15) is 14.6 Å². The minimum absolute atomic E-state index is 0.352. The van der Waals surface area contributed by atoms with Gasteiger partial charge in [-0.2, -0.15) is 0 Å². The molecule has 1 aliphatic rings. The average Bonchev–Trinajstić information content (AvgIpc) is 2.69. The number of piperidine rings is 1. The summed E-state index contributed by atoms with van der Waals surface area (Å²) >= 11 is 0. The number of aliphatic hydroxyl groups is 2. The Morgan fingerprint density at radius 1 is 1.07 bits per heavy atom. The summed E-state index contributed by atoms with van der Waals surface area (Å²) in [6.07, 6.45) is 0.156. The molecule has 6 heteroatoms. The van der Waals surface area contributed by atoms with Crippen LogP contribution < -0.4 is 9.47 Å². The summed E-state index contributed by atoms with van der Waals surface area (Å²) < 4.78 is 24.6. The molecular formula is C21H26FNO4. The first-order valence-corrected chi connectivity index (χ1v) is 9.06. The van der Waals surface area contributed by atoms with E-state index in [1.165, 1.54) is 6.07 Å². The highest BCUT2D eigenvalue weighted by molar-refractivity contribution is 5.43. The lowest BCUT2D eigenvalue weighted by Crippen LogP contribution is -2.44. The Morgan fingerprint density at radius 2 is 1.74 bits per heavy atom. The average molecular weight is 375 g/mol. The minimum Gasteiger partial charge on any atom is -0.493 e. The predicted octanol–water partition coefficient (Wildman–Crippen LogP) is 2.86. The maximum Gasteiger partial charge on any atom is 0.161 e. The molecule has 2 N–H and O–H groups in total. The molecule has 3 rings (SSSR count). The highest BCUT2D eigenvalue weighted by Gasteiger charge is 2.36. The number of benzene rings is 2. The molecule has 1 aliphatic heterocycles. The first-order valence-electron chi connectivity index (χ1n) is 9.06. The van der Waals surface area contributed by atoms with E-state index in [1.54, 1.807) is 44.6 Å². The van der Waals surface area contributed by atoms with Crippen LogP contribution in [0.1, 0.15) is 30.1 Å². The van der Waals surface area contributed by atoms with Gasteiger partial charge in [0.1, 0.15) is 5.82 Å². The van der Waals surface area contributed by atoms with Gasteiger partial charge in [0.2, 0.25) is 0 Å². The summed E-state index contributed by atoms with van der Waals surface area (Å²) in [5.41, 5.74) is -0.0662. The Labute approximate surface area is 159 Å². The first-order chi connectivity index (χ1) is 13.0. The van der Waals surface area contributed by atoms with Gasteiger partial charge in [0.25, 0.3) is 0 Å². The largest absolute Gasteiger partial charge is 0.493 e. The van der Waals surface area contributed by atoms with Crippen LogP contribution in [0.2, 0.25) is 0 Å². The summed E-state index contributed by atoms with van der Waals surface area (Å²) in [7, 11) is 3.13. The Bertz CT molecular complexity index is 775. The van der Waals surface area contributed by atoms with Crippen molar-refractivity contribution in [2.24, 2.45) is 0 Å². The second-order valence-corrected chi connectivity index (χ2v) is 6.94. The third-order valence-electron chi connectivity index (χ3n) is 5.28. The smallest absolute Gasteiger partial charge is 0.161 e. The van der Waals surface area contributed by atoms with Gasteiger partial charge in [0.15, 0.2) is 11.5 Å². The van der Waals surface area contributed by atoms with E-state index in [-0.39, 0.29) is 5.82 Å². The van der Waals surface area contributed by atoms with E-state index in [2.05, 4.69) is 4.90 Å². The molecule has 5 nitrogen and oxygen atoms in total. The van der Waals surface area contributed by atoms with Crippen LogP contribution in [0.5, 0.6) is 11.5 Å². The molecule has 2 aromatic rings. The Kier molecular flexibility index (Phi) is 5.99. The summed E-state index contributed by atoms with van der Waals surface area (Å²) in [4.78, 5) is 2.08. The van der Waals surface area contributed by atoms with Crippen molar-refractivity contribution in [2.45, 2.75) is 24.5 Å². The van der Waals surface area contributed by atoms with E-state index in [4.69, 9.17) is 9.47 Å². The molecule has 1 saturated heterocycles. The molecule has 146 valence electrons. The van der Waals surface area contributed by atoms with E-state index < -0.39 is 11.7 Å². The van der Waals surface area contributed by atoms with Crippen LogP contribution in [0.25, 0.3) is 0 Å². The third-order valence-corrected chi connectivity index (χ3v) is 5.28. The molecule has 0 aliphatic carbocycles. The normalized spacial score (nSPS) is 18.1. The fourth-order valence-electron chi connectivity index (χ4n) is 3.62. The standard InChI is InChI=1S/C21H26FNO4/c1-26-19-8-7-15(13-20(19)27-2)18(24)14-23-11-9-21(25,10-12-23)16-5-3-4-6-17(16)22/h3-8,13,18,24-25H,9-12,14H2,1-2H3/t18-/m1/s1. The molecule has 0 aromatic heterocycles. The molecule has 27 heavy (non-hydrogen) atoms. The molecule has 0 radical (unpaired) electrons. The second-order valence-electron chi connectivity index (χ2n) is 6.94. The van der Waals surface area contributed by atoms with Crippen molar-refractivity contribution in [3.8, 4) is 11.5 Å². The van der Waals surface area contributed by atoms with Crippen molar-refractivity contribution in [1.82, 2.24) is 4.90 Å². The number of nitrogens with zero attached hydrogens (tertiary/aromatic N) is 1. The highest BCUT2D eigenvalue weighted by atomic mass is 19.1. The number of likely N-dealkylation sites (tertiary alicyclic amines) is 1. The van der Waals surface area contributed by atoms with Gasteiger partial charge in [-0.1, -0.05) is 24.3 Å². The lowest BCUT2D eigenvalue weighted by molar-refractivity contribution is -0.0367. The van der Waals surface area contributed by atoms with E-state index in [1.807, 2.05) is 6.07 Å². The molecule has 0 bridgehead atoms. The number of methoxy groups -OCH3 is 2.